The average Bonchev–Trinajstić information content (AvgIpc) is 2.80. The van der Waals surface area contributed by atoms with Gasteiger partial charge in [0.15, 0.2) is 5.78 Å². The number of ketones is 1. The molecule has 170 valence electrons. The van der Waals surface area contributed by atoms with Crippen LogP contribution in [0.15, 0.2) is 72.8 Å². The molecule has 0 bridgehead atoms. The molecule has 0 aliphatic carbocycles. The molecular weight excluding hydrogens is 414 g/mol. The summed E-state index contributed by atoms with van der Waals surface area (Å²) < 4.78 is 0. The van der Waals surface area contributed by atoms with Crippen molar-refractivity contribution in [3.8, 4) is 11.1 Å². The van der Waals surface area contributed by atoms with Gasteiger partial charge in [-0.3, -0.25) is 14.4 Å². The summed E-state index contributed by atoms with van der Waals surface area (Å²) in [5.74, 6) is -1.54. The molecule has 1 N–H and O–H groups in total. The van der Waals surface area contributed by atoms with E-state index in [1.807, 2.05) is 74.5 Å². The van der Waals surface area contributed by atoms with Gasteiger partial charge in [0.05, 0.1) is 12.5 Å². The van der Waals surface area contributed by atoms with Crippen LogP contribution in [0, 0.1) is 13.8 Å². The van der Waals surface area contributed by atoms with Crippen LogP contribution in [0.5, 0.6) is 0 Å². The number of hydrogen-bond donors (Lipinski definition) is 1. The average molecular weight is 444 g/mol. The molecule has 0 aliphatic rings. The molecule has 1 unspecified atom stereocenters. The van der Waals surface area contributed by atoms with Crippen LogP contribution in [0.4, 0.5) is 0 Å². The Morgan fingerprint density at radius 3 is 1.97 bits per heavy atom. The van der Waals surface area contributed by atoms with E-state index in [-0.39, 0.29) is 24.5 Å². The highest BCUT2D eigenvalue weighted by Crippen LogP contribution is 2.21. The SMILES string of the molecule is Cc1cc(C)cc(C(=O)N(C)C(Cc2ccc(-c3ccccc3)cc2)C(=O)CCC(=O)O)c1. The van der Waals surface area contributed by atoms with Gasteiger partial charge in [0.1, 0.15) is 0 Å². The second kappa shape index (κ2) is 10.7. The largest absolute Gasteiger partial charge is 0.481 e. The Labute approximate surface area is 194 Å². The van der Waals surface area contributed by atoms with E-state index in [0.717, 1.165) is 27.8 Å². The summed E-state index contributed by atoms with van der Waals surface area (Å²) in [5.41, 5.74) is 5.52. The van der Waals surface area contributed by atoms with Gasteiger partial charge in [0, 0.05) is 19.0 Å². The van der Waals surface area contributed by atoms with Crippen molar-refractivity contribution in [3.63, 3.8) is 0 Å². The first-order valence-electron chi connectivity index (χ1n) is 11.0. The summed E-state index contributed by atoms with van der Waals surface area (Å²) in [6.45, 7) is 3.85. The van der Waals surface area contributed by atoms with Gasteiger partial charge < -0.3 is 10.0 Å². The number of hydrogen-bond acceptors (Lipinski definition) is 3. The van der Waals surface area contributed by atoms with Crippen molar-refractivity contribution in [1.29, 1.82) is 0 Å². The lowest BCUT2D eigenvalue weighted by atomic mass is 9.95. The summed E-state index contributed by atoms with van der Waals surface area (Å²) in [6, 6.07) is 22.7. The predicted octanol–water partition coefficient (Wildman–Crippen LogP) is 5.09. The first-order valence-corrected chi connectivity index (χ1v) is 11.0. The molecule has 0 saturated carbocycles. The zero-order valence-corrected chi connectivity index (χ0v) is 19.2. The van der Waals surface area contributed by atoms with Crippen molar-refractivity contribution < 1.29 is 19.5 Å². The minimum absolute atomic E-state index is 0.118. The molecule has 1 atom stereocenters. The molecular formula is C28H29NO4. The predicted molar refractivity (Wildman–Crippen MR) is 129 cm³/mol. The maximum Gasteiger partial charge on any atom is 0.303 e. The van der Waals surface area contributed by atoms with Crippen LogP contribution in [0.1, 0.15) is 39.9 Å². The van der Waals surface area contributed by atoms with Gasteiger partial charge in [0.2, 0.25) is 0 Å². The van der Waals surface area contributed by atoms with Crippen LogP contribution in [0.2, 0.25) is 0 Å². The normalized spacial score (nSPS) is 11.6. The van der Waals surface area contributed by atoms with Crippen LogP contribution in [-0.2, 0) is 16.0 Å². The Bertz CT molecular complexity index is 1120. The minimum atomic E-state index is -1.03. The summed E-state index contributed by atoms with van der Waals surface area (Å²) in [6.07, 6.45) is -0.0546. The molecule has 5 nitrogen and oxygen atoms in total. The van der Waals surface area contributed by atoms with Gasteiger partial charge in [-0.15, -0.1) is 0 Å². The van der Waals surface area contributed by atoms with Gasteiger partial charge in [-0.2, -0.15) is 0 Å². The Kier molecular flexibility index (Phi) is 7.78. The third kappa shape index (κ3) is 6.39. The second-order valence-electron chi connectivity index (χ2n) is 8.44. The molecule has 0 saturated heterocycles. The lowest BCUT2D eigenvalue weighted by Gasteiger charge is -2.28. The Morgan fingerprint density at radius 1 is 0.818 bits per heavy atom. The van der Waals surface area contributed by atoms with E-state index in [2.05, 4.69) is 0 Å². The summed E-state index contributed by atoms with van der Waals surface area (Å²) in [4.78, 5) is 38.7. The first-order chi connectivity index (χ1) is 15.7. The number of carbonyl (C=O) groups excluding carboxylic acids is 2. The van der Waals surface area contributed by atoms with Crippen LogP contribution in [0.25, 0.3) is 11.1 Å². The quantitative estimate of drug-likeness (QED) is 0.500. The molecule has 0 aromatic heterocycles. The fourth-order valence-electron chi connectivity index (χ4n) is 3.99. The number of amides is 1. The van der Waals surface area contributed by atoms with E-state index in [4.69, 9.17) is 5.11 Å². The number of nitrogens with zero attached hydrogens (tertiary/aromatic N) is 1. The van der Waals surface area contributed by atoms with Crippen molar-refractivity contribution in [3.05, 3.63) is 95.1 Å². The molecule has 0 heterocycles. The number of aryl methyl sites for hydroxylation is 2. The Hall–Kier alpha value is -3.73. The number of benzene rings is 3. The van der Waals surface area contributed by atoms with E-state index in [9.17, 15) is 14.4 Å². The lowest BCUT2D eigenvalue weighted by molar-refractivity contribution is -0.139. The fraction of sp³-hybridized carbons (Fsp3) is 0.250. The molecule has 33 heavy (non-hydrogen) atoms. The van der Waals surface area contributed by atoms with E-state index in [1.54, 1.807) is 19.2 Å². The van der Waals surface area contributed by atoms with E-state index >= 15 is 0 Å². The maximum atomic E-state index is 13.2. The monoisotopic (exact) mass is 443 g/mol. The van der Waals surface area contributed by atoms with Gasteiger partial charge in [-0.1, -0.05) is 71.8 Å². The number of carboxylic acids is 1. The fourth-order valence-corrected chi connectivity index (χ4v) is 3.99. The lowest BCUT2D eigenvalue weighted by Crippen LogP contribution is -2.44. The standard InChI is InChI=1S/C28H29NO4/c1-19-15-20(2)17-24(16-19)28(33)29(3)25(26(30)13-14-27(31)32)18-21-9-11-23(12-10-21)22-7-5-4-6-8-22/h4-12,15-17,25H,13-14,18H2,1-3H3,(H,31,32). The zero-order chi connectivity index (χ0) is 24.0. The molecule has 3 aromatic rings. The number of likely N-dealkylation sites (N-methyl/N-ethyl adjacent to an activating group) is 1. The van der Waals surface area contributed by atoms with Crippen molar-refractivity contribution in [2.24, 2.45) is 0 Å². The van der Waals surface area contributed by atoms with E-state index < -0.39 is 12.0 Å². The van der Waals surface area contributed by atoms with Gasteiger partial charge in [-0.25, -0.2) is 0 Å². The van der Waals surface area contributed by atoms with Crippen molar-refractivity contribution >= 4 is 17.7 Å². The summed E-state index contributed by atoms with van der Waals surface area (Å²) >= 11 is 0. The molecule has 1 amide bonds. The van der Waals surface area contributed by atoms with Gasteiger partial charge >= 0.3 is 5.97 Å². The number of Topliss-reactive ketones (excluding diaryl/α,β-unsaturated/α-hetero) is 1. The highest BCUT2D eigenvalue weighted by Gasteiger charge is 2.28. The van der Waals surface area contributed by atoms with Gasteiger partial charge in [0.25, 0.3) is 5.91 Å². The molecule has 3 rings (SSSR count). The minimum Gasteiger partial charge on any atom is -0.481 e. The zero-order valence-electron chi connectivity index (χ0n) is 19.2. The third-order valence-electron chi connectivity index (χ3n) is 5.70. The Morgan fingerprint density at radius 2 is 1.39 bits per heavy atom. The van der Waals surface area contributed by atoms with Crippen LogP contribution in [-0.4, -0.2) is 40.8 Å². The van der Waals surface area contributed by atoms with Crippen LogP contribution >= 0.6 is 0 Å². The number of rotatable bonds is 9. The molecule has 0 aliphatic heterocycles. The highest BCUT2D eigenvalue weighted by atomic mass is 16.4. The van der Waals surface area contributed by atoms with Crippen molar-refractivity contribution in [2.75, 3.05) is 7.05 Å². The van der Waals surface area contributed by atoms with E-state index in [0.29, 0.717) is 12.0 Å². The van der Waals surface area contributed by atoms with Gasteiger partial charge in [-0.05, 0) is 49.1 Å². The smallest absolute Gasteiger partial charge is 0.303 e. The summed E-state index contributed by atoms with van der Waals surface area (Å²) in [7, 11) is 1.61. The van der Waals surface area contributed by atoms with Crippen molar-refractivity contribution in [2.45, 2.75) is 39.2 Å². The summed E-state index contributed by atoms with van der Waals surface area (Å²) in [5, 5.41) is 9.03. The molecule has 5 heteroatoms. The number of carbonyl (C=O) groups is 3. The van der Waals surface area contributed by atoms with Crippen LogP contribution in [0.3, 0.4) is 0 Å². The van der Waals surface area contributed by atoms with E-state index in [1.165, 1.54) is 4.90 Å². The molecule has 0 radical (unpaired) electrons. The molecule has 0 fully saturated rings. The topological polar surface area (TPSA) is 74.7 Å². The maximum absolute atomic E-state index is 13.2. The highest BCUT2D eigenvalue weighted by molar-refractivity contribution is 5.98. The second-order valence-corrected chi connectivity index (χ2v) is 8.44. The van der Waals surface area contributed by atoms with Crippen LogP contribution < -0.4 is 0 Å². The molecule has 0 spiro atoms. The Balaban J connectivity index is 1.85. The number of aliphatic carboxylic acids is 1. The molecule has 3 aromatic carbocycles. The third-order valence-corrected chi connectivity index (χ3v) is 5.70. The number of carboxylic acid groups (broad SMARTS) is 1. The first kappa shape index (κ1) is 23.9. The van der Waals surface area contributed by atoms with Crippen molar-refractivity contribution in [1.82, 2.24) is 4.90 Å².